The number of aromatic nitrogens is 2. The summed E-state index contributed by atoms with van der Waals surface area (Å²) in [6, 6.07) is 0.891. The van der Waals surface area contributed by atoms with Crippen LogP contribution in [0.3, 0.4) is 0 Å². The molecule has 1 aliphatic carbocycles. The molecule has 0 radical (unpaired) electrons. The lowest BCUT2D eigenvalue weighted by molar-refractivity contribution is -0.141. The second-order valence-electron chi connectivity index (χ2n) is 4.70. The van der Waals surface area contributed by atoms with Gasteiger partial charge in [-0.05, 0) is 24.7 Å². The number of anilines is 2. The maximum absolute atomic E-state index is 12.5. The average molecular weight is 260 g/mol. The number of nitrogens with one attached hydrogen (secondary N) is 1. The lowest BCUT2D eigenvalue weighted by atomic mass is 10.0. The Bertz CT molecular complexity index is 440. The van der Waals surface area contributed by atoms with Gasteiger partial charge in [0.2, 0.25) is 5.95 Å². The molecule has 7 heteroatoms. The number of halogens is 3. The Hall–Kier alpha value is -1.53. The Kier molecular flexibility index (Phi) is 3.08. The summed E-state index contributed by atoms with van der Waals surface area (Å²) in [5.41, 5.74) is 4.49. The number of hydrogen-bond donors (Lipinski definition) is 2. The first-order valence-electron chi connectivity index (χ1n) is 5.80. The van der Waals surface area contributed by atoms with Crippen LogP contribution in [0, 0.1) is 5.41 Å². The summed E-state index contributed by atoms with van der Waals surface area (Å²) in [5.74, 6) is -0.233. The number of alkyl halides is 3. The molecule has 1 fully saturated rings. The van der Waals surface area contributed by atoms with E-state index in [-0.39, 0.29) is 17.2 Å². The third kappa shape index (κ3) is 2.83. The first kappa shape index (κ1) is 12.9. The molecular weight excluding hydrogens is 245 g/mol. The zero-order valence-electron chi connectivity index (χ0n) is 10.0. The minimum absolute atomic E-state index is 0.134. The van der Waals surface area contributed by atoms with Gasteiger partial charge >= 0.3 is 6.18 Å². The molecule has 4 nitrogen and oxygen atoms in total. The van der Waals surface area contributed by atoms with Crippen LogP contribution in [-0.2, 0) is 6.18 Å². The van der Waals surface area contributed by atoms with Crippen molar-refractivity contribution in [2.24, 2.45) is 5.41 Å². The van der Waals surface area contributed by atoms with Gasteiger partial charge in [0.1, 0.15) is 5.82 Å². The highest BCUT2D eigenvalue weighted by atomic mass is 19.4. The molecule has 0 atom stereocenters. The Morgan fingerprint density at radius 1 is 1.39 bits per heavy atom. The van der Waals surface area contributed by atoms with Crippen LogP contribution in [0.25, 0.3) is 0 Å². The highest BCUT2D eigenvalue weighted by Crippen LogP contribution is 2.48. The fraction of sp³-hybridized carbons (Fsp3) is 0.636. The van der Waals surface area contributed by atoms with Gasteiger partial charge in [-0.3, -0.25) is 0 Å². The van der Waals surface area contributed by atoms with Crippen LogP contribution in [0.2, 0.25) is 0 Å². The van der Waals surface area contributed by atoms with Crippen molar-refractivity contribution in [2.45, 2.75) is 32.4 Å². The minimum atomic E-state index is -4.50. The summed E-state index contributed by atoms with van der Waals surface area (Å²) in [5, 5.41) is 2.92. The highest BCUT2D eigenvalue weighted by Gasteiger charge is 2.40. The van der Waals surface area contributed by atoms with Crippen molar-refractivity contribution in [2.75, 3.05) is 17.6 Å². The van der Waals surface area contributed by atoms with Gasteiger partial charge in [0.25, 0.3) is 0 Å². The van der Waals surface area contributed by atoms with E-state index in [1.165, 1.54) is 0 Å². The van der Waals surface area contributed by atoms with E-state index < -0.39 is 11.9 Å². The molecule has 1 heterocycles. The second-order valence-corrected chi connectivity index (χ2v) is 4.70. The largest absolute Gasteiger partial charge is 0.433 e. The number of nitrogen functional groups attached to an aromatic ring is 1. The van der Waals surface area contributed by atoms with Crippen molar-refractivity contribution in [1.82, 2.24) is 9.97 Å². The summed E-state index contributed by atoms with van der Waals surface area (Å²) < 4.78 is 37.6. The SMILES string of the molecule is CCC1(CNc2cc(C(F)(F)F)nc(N)n2)CC1. The van der Waals surface area contributed by atoms with E-state index in [0.29, 0.717) is 6.54 Å². The second kappa shape index (κ2) is 4.29. The van der Waals surface area contributed by atoms with Gasteiger partial charge in [0.15, 0.2) is 5.69 Å². The predicted molar refractivity (Wildman–Crippen MR) is 61.9 cm³/mol. The number of nitrogens with two attached hydrogens (primary N) is 1. The summed E-state index contributed by atoms with van der Waals surface area (Å²) in [7, 11) is 0. The van der Waals surface area contributed by atoms with Gasteiger partial charge in [-0.25, -0.2) is 4.98 Å². The monoisotopic (exact) mass is 260 g/mol. The van der Waals surface area contributed by atoms with E-state index >= 15 is 0 Å². The van der Waals surface area contributed by atoms with Crippen molar-refractivity contribution >= 4 is 11.8 Å². The minimum Gasteiger partial charge on any atom is -0.369 e. The maximum Gasteiger partial charge on any atom is 0.433 e. The normalized spacial score (nSPS) is 17.6. The molecule has 3 N–H and O–H groups in total. The lowest BCUT2D eigenvalue weighted by Gasteiger charge is -2.15. The van der Waals surface area contributed by atoms with Gasteiger partial charge in [0.05, 0.1) is 0 Å². The van der Waals surface area contributed by atoms with Gasteiger partial charge in [-0.15, -0.1) is 0 Å². The number of hydrogen-bond acceptors (Lipinski definition) is 4. The van der Waals surface area contributed by atoms with Crippen LogP contribution in [0.15, 0.2) is 6.07 Å². The molecule has 0 bridgehead atoms. The van der Waals surface area contributed by atoms with Crippen LogP contribution in [0.5, 0.6) is 0 Å². The van der Waals surface area contributed by atoms with Crippen LogP contribution in [-0.4, -0.2) is 16.5 Å². The van der Waals surface area contributed by atoms with Crippen LogP contribution in [0.4, 0.5) is 24.9 Å². The van der Waals surface area contributed by atoms with Gasteiger partial charge in [0, 0.05) is 12.6 Å². The standard InChI is InChI=1S/C11H15F3N4/c1-2-10(3-4-10)6-16-8-5-7(11(12,13)14)17-9(15)18-8/h5H,2-4,6H2,1H3,(H3,15,16,17,18). The van der Waals surface area contributed by atoms with E-state index in [1.54, 1.807) is 0 Å². The molecule has 0 amide bonds. The van der Waals surface area contributed by atoms with Crippen LogP contribution >= 0.6 is 0 Å². The predicted octanol–water partition coefficient (Wildman–Crippen LogP) is 2.68. The van der Waals surface area contributed by atoms with Crippen LogP contribution < -0.4 is 11.1 Å². The summed E-state index contributed by atoms with van der Waals surface area (Å²) in [6.45, 7) is 2.70. The van der Waals surface area contributed by atoms with Crippen molar-refractivity contribution in [1.29, 1.82) is 0 Å². The molecule has 1 aromatic rings. The molecule has 1 aliphatic rings. The maximum atomic E-state index is 12.5. The van der Waals surface area contributed by atoms with E-state index in [2.05, 4.69) is 22.2 Å². The summed E-state index contributed by atoms with van der Waals surface area (Å²) in [4.78, 5) is 6.96. The lowest BCUT2D eigenvalue weighted by Crippen LogP contribution is -2.17. The Morgan fingerprint density at radius 2 is 2.06 bits per heavy atom. The molecule has 18 heavy (non-hydrogen) atoms. The van der Waals surface area contributed by atoms with Gasteiger partial charge in [-0.1, -0.05) is 6.92 Å². The Balaban J connectivity index is 2.11. The van der Waals surface area contributed by atoms with Crippen molar-refractivity contribution < 1.29 is 13.2 Å². The van der Waals surface area contributed by atoms with E-state index in [0.717, 1.165) is 25.3 Å². The molecule has 100 valence electrons. The Morgan fingerprint density at radius 3 is 2.56 bits per heavy atom. The highest BCUT2D eigenvalue weighted by molar-refractivity contribution is 5.41. The van der Waals surface area contributed by atoms with Crippen molar-refractivity contribution in [3.05, 3.63) is 11.8 Å². The van der Waals surface area contributed by atoms with E-state index in [9.17, 15) is 13.2 Å². The first-order chi connectivity index (χ1) is 8.35. The quantitative estimate of drug-likeness (QED) is 0.873. The third-order valence-corrected chi connectivity index (χ3v) is 3.39. The van der Waals surface area contributed by atoms with E-state index in [1.807, 2.05) is 0 Å². The van der Waals surface area contributed by atoms with Crippen molar-refractivity contribution in [3.8, 4) is 0 Å². The fourth-order valence-electron chi connectivity index (χ4n) is 1.81. The zero-order valence-corrected chi connectivity index (χ0v) is 10.0. The summed E-state index contributed by atoms with van der Waals surface area (Å²) in [6.07, 6.45) is -1.30. The van der Waals surface area contributed by atoms with Gasteiger partial charge in [-0.2, -0.15) is 18.2 Å². The molecule has 0 aliphatic heterocycles. The van der Waals surface area contributed by atoms with Crippen molar-refractivity contribution in [3.63, 3.8) is 0 Å². The Labute approximate surface area is 103 Å². The fourth-order valence-corrected chi connectivity index (χ4v) is 1.81. The van der Waals surface area contributed by atoms with E-state index in [4.69, 9.17) is 5.73 Å². The molecule has 0 aromatic carbocycles. The molecule has 0 unspecified atom stereocenters. The number of rotatable bonds is 4. The third-order valence-electron chi connectivity index (χ3n) is 3.39. The first-order valence-corrected chi connectivity index (χ1v) is 5.80. The molecule has 0 saturated heterocycles. The van der Waals surface area contributed by atoms with Gasteiger partial charge < -0.3 is 11.1 Å². The summed E-state index contributed by atoms with van der Waals surface area (Å²) >= 11 is 0. The smallest absolute Gasteiger partial charge is 0.369 e. The molecule has 2 rings (SSSR count). The molecule has 1 aromatic heterocycles. The molecule has 0 spiro atoms. The number of nitrogens with zero attached hydrogens (tertiary/aromatic N) is 2. The molecular formula is C11H15F3N4. The topological polar surface area (TPSA) is 63.8 Å². The zero-order chi connectivity index (χ0) is 13.4. The van der Waals surface area contributed by atoms with Crippen LogP contribution in [0.1, 0.15) is 31.9 Å². The average Bonchev–Trinajstić information content (AvgIpc) is 3.05. The molecule has 1 saturated carbocycles.